The Balaban J connectivity index is 3.71. The number of nitrogens with zero attached hydrogens (tertiary/aromatic N) is 1. The molecular weight excluding hydrogens is 198 g/mol. The van der Waals surface area contributed by atoms with E-state index in [4.69, 9.17) is 0 Å². The summed E-state index contributed by atoms with van der Waals surface area (Å²) in [4.78, 5) is 2.52. The van der Waals surface area contributed by atoms with Crippen molar-refractivity contribution in [2.75, 3.05) is 26.2 Å². The molecule has 3 heteroatoms. The van der Waals surface area contributed by atoms with Crippen molar-refractivity contribution in [3.8, 4) is 0 Å². The van der Waals surface area contributed by atoms with Crippen LogP contribution < -0.4 is 10.6 Å². The van der Waals surface area contributed by atoms with Crippen LogP contribution in [0.1, 0.15) is 41.5 Å². The zero-order chi connectivity index (χ0) is 12.6. The summed E-state index contributed by atoms with van der Waals surface area (Å²) in [6, 6.07) is 1.80. The van der Waals surface area contributed by atoms with Gasteiger partial charge in [-0.25, -0.2) is 0 Å². The lowest BCUT2D eigenvalue weighted by atomic mass is 10.3. The fourth-order valence-electron chi connectivity index (χ4n) is 1.62. The molecule has 0 unspecified atom stereocenters. The van der Waals surface area contributed by atoms with E-state index in [0.717, 1.165) is 26.2 Å². The molecule has 0 bridgehead atoms. The SMILES string of the molecule is CC(C)NCCN(CCNC(C)C)C(C)C. The van der Waals surface area contributed by atoms with Crippen molar-refractivity contribution in [3.05, 3.63) is 0 Å². The van der Waals surface area contributed by atoms with Gasteiger partial charge in [-0.05, 0) is 13.8 Å². The van der Waals surface area contributed by atoms with E-state index in [1.54, 1.807) is 0 Å². The summed E-state index contributed by atoms with van der Waals surface area (Å²) in [6.07, 6.45) is 0. The topological polar surface area (TPSA) is 27.3 Å². The summed E-state index contributed by atoms with van der Waals surface area (Å²) >= 11 is 0. The van der Waals surface area contributed by atoms with E-state index < -0.39 is 0 Å². The van der Waals surface area contributed by atoms with Crippen LogP contribution in [0, 0.1) is 0 Å². The normalized spacial score (nSPS) is 12.4. The van der Waals surface area contributed by atoms with Crippen LogP contribution in [-0.2, 0) is 0 Å². The Morgan fingerprint density at radius 2 is 1.12 bits per heavy atom. The first kappa shape index (κ1) is 15.9. The Bertz CT molecular complexity index is 141. The summed E-state index contributed by atoms with van der Waals surface area (Å²) in [7, 11) is 0. The third-order valence-electron chi connectivity index (χ3n) is 2.63. The van der Waals surface area contributed by atoms with Crippen molar-refractivity contribution in [1.29, 1.82) is 0 Å². The molecule has 0 saturated heterocycles. The maximum atomic E-state index is 3.47. The number of hydrogen-bond donors (Lipinski definition) is 2. The second-order valence-corrected chi connectivity index (χ2v) is 5.35. The first-order valence-corrected chi connectivity index (χ1v) is 6.64. The minimum Gasteiger partial charge on any atom is -0.313 e. The van der Waals surface area contributed by atoms with Crippen molar-refractivity contribution < 1.29 is 0 Å². The highest BCUT2D eigenvalue weighted by Gasteiger charge is 2.08. The van der Waals surface area contributed by atoms with Crippen LogP contribution in [0.3, 0.4) is 0 Å². The minimum absolute atomic E-state index is 0.586. The van der Waals surface area contributed by atoms with Gasteiger partial charge in [0.2, 0.25) is 0 Å². The maximum Gasteiger partial charge on any atom is 0.0110 e. The molecule has 0 aromatic rings. The summed E-state index contributed by atoms with van der Waals surface area (Å²) in [5, 5.41) is 6.94. The van der Waals surface area contributed by atoms with E-state index in [1.165, 1.54) is 0 Å². The molecule has 2 N–H and O–H groups in total. The van der Waals surface area contributed by atoms with Gasteiger partial charge in [0.1, 0.15) is 0 Å². The zero-order valence-corrected chi connectivity index (χ0v) is 12.0. The fraction of sp³-hybridized carbons (Fsp3) is 1.00. The molecule has 0 radical (unpaired) electrons. The molecule has 0 fully saturated rings. The molecule has 0 aromatic carbocycles. The van der Waals surface area contributed by atoms with Gasteiger partial charge in [0, 0.05) is 44.3 Å². The van der Waals surface area contributed by atoms with E-state index >= 15 is 0 Å². The van der Waals surface area contributed by atoms with E-state index in [9.17, 15) is 0 Å². The Morgan fingerprint density at radius 1 is 0.750 bits per heavy atom. The predicted molar refractivity (Wildman–Crippen MR) is 73.0 cm³/mol. The van der Waals surface area contributed by atoms with Crippen LogP contribution in [0.25, 0.3) is 0 Å². The third-order valence-corrected chi connectivity index (χ3v) is 2.63. The van der Waals surface area contributed by atoms with Crippen molar-refractivity contribution in [3.63, 3.8) is 0 Å². The molecular formula is C13H31N3. The van der Waals surface area contributed by atoms with Crippen LogP contribution >= 0.6 is 0 Å². The lowest BCUT2D eigenvalue weighted by molar-refractivity contribution is 0.219. The monoisotopic (exact) mass is 229 g/mol. The van der Waals surface area contributed by atoms with Crippen molar-refractivity contribution in [1.82, 2.24) is 15.5 Å². The summed E-state index contributed by atoms with van der Waals surface area (Å²) in [6.45, 7) is 17.7. The summed E-state index contributed by atoms with van der Waals surface area (Å²) < 4.78 is 0. The molecule has 3 nitrogen and oxygen atoms in total. The third kappa shape index (κ3) is 9.13. The van der Waals surface area contributed by atoms with E-state index in [1.807, 2.05) is 0 Å². The van der Waals surface area contributed by atoms with Gasteiger partial charge in [0.15, 0.2) is 0 Å². The first-order valence-electron chi connectivity index (χ1n) is 6.64. The largest absolute Gasteiger partial charge is 0.313 e. The van der Waals surface area contributed by atoms with E-state index in [-0.39, 0.29) is 0 Å². The molecule has 16 heavy (non-hydrogen) atoms. The van der Waals surface area contributed by atoms with Crippen molar-refractivity contribution in [2.45, 2.75) is 59.7 Å². The lowest BCUT2D eigenvalue weighted by Gasteiger charge is -2.27. The molecule has 98 valence electrons. The van der Waals surface area contributed by atoms with Crippen LogP contribution in [0.5, 0.6) is 0 Å². The molecule has 0 aliphatic rings. The molecule has 0 rings (SSSR count). The molecule has 0 saturated carbocycles. The standard InChI is InChI=1S/C13H31N3/c1-11(2)14-7-9-16(13(5)6)10-8-15-12(3)4/h11-15H,7-10H2,1-6H3. The molecule has 0 aromatic heterocycles. The van der Waals surface area contributed by atoms with Gasteiger partial charge in [0.25, 0.3) is 0 Å². The Morgan fingerprint density at radius 3 is 1.38 bits per heavy atom. The Hall–Kier alpha value is -0.120. The van der Waals surface area contributed by atoms with Gasteiger partial charge in [0.05, 0.1) is 0 Å². The summed E-state index contributed by atoms with van der Waals surface area (Å²) in [5.74, 6) is 0. The minimum atomic E-state index is 0.586. The average Bonchev–Trinajstić information content (AvgIpc) is 2.14. The molecule has 0 aliphatic heterocycles. The van der Waals surface area contributed by atoms with Crippen molar-refractivity contribution in [2.24, 2.45) is 0 Å². The van der Waals surface area contributed by atoms with Crippen molar-refractivity contribution >= 4 is 0 Å². The number of hydrogen-bond acceptors (Lipinski definition) is 3. The Kier molecular flexibility index (Phi) is 8.90. The molecule has 0 amide bonds. The second kappa shape index (κ2) is 8.97. The average molecular weight is 229 g/mol. The van der Waals surface area contributed by atoms with Gasteiger partial charge >= 0.3 is 0 Å². The first-order chi connectivity index (χ1) is 7.43. The molecule has 0 aliphatic carbocycles. The lowest BCUT2D eigenvalue weighted by Crippen LogP contribution is -2.42. The molecule has 0 spiro atoms. The van der Waals surface area contributed by atoms with E-state index in [0.29, 0.717) is 18.1 Å². The van der Waals surface area contributed by atoms with Crippen LogP contribution in [0.15, 0.2) is 0 Å². The molecule has 0 atom stereocenters. The highest BCUT2D eigenvalue weighted by molar-refractivity contribution is 4.67. The van der Waals surface area contributed by atoms with Gasteiger partial charge in [-0.2, -0.15) is 0 Å². The van der Waals surface area contributed by atoms with Gasteiger partial charge in [-0.1, -0.05) is 27.7 Å². The van der Waals surface area contributed by atoms with Crippen LogP contribution in [0.4, 0.5) is 0 Å². The quantitative estimate of drug-likeness (QED) is 0.630. The van der Waals surface area contributed by atoms with Gasteiger partial charge in [-0.3, -0.25) is 4.90 Å². The molecule has 0 heterocycles. The Labute approximate surface area is 102 Å². The number of rotatable bonds is 9. The highest BCUT2D eigenvalue weighted by Crippen LogP contribution is 1.96. The highest BCUT2D eigenvalue weighted by atomic mass is 15.2. The maximum absolute atomic E-state index is 3.47. The van der Waals surface area contributed by atoms with Gasteiger partial charge in [-0.15, -0.1) is 0 Å². The fourth-order valence-corrected chi connectivity index (χ4v) is 1.62. The second-order valence-electron chi connectivity index (χ2n) is 5.35. The van der Waals surface area contributed by atoms with Gasteiger partial charge < -0.3 is 10.6 Å². The smallest absolute Gasteiger partial charge is 0.0110 e. The van der Waals surface area contributed by atoms with Crippen LogP contribution in [-0.4, -0.2) is 49.2 Å². The predicted octanol–water partition coefficient (Wildman–Crippen LogP) is 1.69. The zero-order valence-electron chi connectivity index (χ0n) is 12.0. The van der Waals surface area contributed by atoms with E-state index in [2.05, 4.69) is 57.1 Å². The van der Waals surface area contributed by atoms with Crippen LogP contribution in [0.2, 0.25) is 0 Å². The number of nitrogens with one attached hydrogen (secondary N) is 2. The summed E-state index contributed by atoms with van der Waals surface area (Å²) in [5.41, 5.74) is 0.